The molecule has 4 nitrogen and oxygen atoms in total. The molecule has 0 saturated heterocycles. The van der Waals surface area contributed by atoms with Crippen LogP contribution in [0, 0.1) is 0 Å². The summed E-state index contributed by atoms with van der Waals surface area (Å²) in [5.41, 5.74) is 0. The quantitative estimate of drug-likeness (QED) is 0.488. The van der Waals surface area contributed by atoms with E-state index in [0.717, 1.165) is 13.0 Å². The zero-order chi connectivity index (χ0) is 10.1. The minimum absolute atomic E-state index is 0.0250. The highest BCUT2D eigenvalue weighted by Gasteiger charge is 2.02. The molecule has 0 aromatic rings. The highest BCUT2D eigenvalue weighted by Crippen LogP contribution is 1.94. The lowest BCUT2D eigenvalue weighted by molar-refractivity contribution is -0.121. The topological polar surface area (TPSA) is 61.4 Å². The molecule has 0 aromatic carbocycles. The van der Waals surface area contributed by atoms with Crippen LogP contribution in [0.4, 0.5) is 0 Å². The number of hydrogen-bond donors (Lipinski definition) is 3. The number of carbonyl (C=O) groups is 1. The number of aliphatic hydroxyl groups excluding tert-OH is 1. The number of nitrogens with one attached hydrogen (secondary N) is 2. The molecule has 1 atom stereocenters. The Bertz CT molecular complexity index is 138. The van der Waals surface area contributed by atoms with Gasteiger partial charge in [-0.1, -0.05) is 0 Å². The Morgan fingerprint density at radius 2 is 2.15 bits per heavy atom. The second kappa shape index (κ2) is 8.01. The van der Waals surface area contributed by atoms with E-state index >= 15 is 0 Å². The summed E-state index contributed by atoms with van der Waals surface area (Å²) in [4.78, 5) is 11.1. The summed E-state index contributed by atoms with van der Waals surface area (Å²) in [6.07, 6.45) is 1.51. The fourth-order valence-corrected chi connectivity index (χ4v) is 0.921. The maximum absolute atomic E-state index is 11.1. The molecule has 0 aromatic heterocycles. The van der Waals surface area contributed by atoms with Crippen molar-refractivity contribution in [1.29, 1.82) is 0 Å². The van der Waals surface area contributed by atoms with Crippen LogP contribution in [0.3, 0.4) is 0 Å². The van der Waals surface area contributed by atoms with Gasteiger partial charge in [-0.15, -0.1) is 0 Å². The molecule has 0 saturated carbocycles. The Morgan fingerprint density at radius 1 is 1.46 bits per heavy atom. The van der Waals surface area contributed by atoms with E-state index in [-0.39, 0.29) is 12.0 Å². The van der Waals surface area contributed by atoms with Crippen molar-refractivity contribution in [1.82, 2.24) is 10.6 Å². The highest BCUT2D eigenvalue weighted by molar-refractivity contribution is 5.75. The minimum Gasteiger partial charge on any atom is -0.393 e. The second-order valence-corrected chi connectivity index (χ2v) is 3.19. The number of amides is 1. The van der Waals surface area contributed by atoms with Gasteiger partial charge >= 0.3 is 0 Å². The molecule has 1 amide bonds. The van der Waals surface area contributed by atoms with E-state index in [1.54, 1.807) is 6.92 Å². The van der Waals surface area contributed by atoms with Crippen molar-refractivity contribution in [3.8, 4) is 0 Å². The Morgan fingerprint density at radius 3 is 2.69 bits per heavy atom. The highest BCUT2D eigenvalue weighted by atomic mass is 16.3. The Labute approximate surface area is 79.7 Å². The van der Waals surface area contributed by atoms with Crippen LogP contribution in [-0.4, -0.2) is 37.3 Å². The largest absolute Gasteiger partial charge is 0.393 e. The van der Waals surface area contributed by atoms with Gasteiger partial charge in [-0.3, -0.25) is 4.79 Å². The predicted molar refractivity (Wildman–Crippen MR) is 52.5 cm³/mol. The van der Waals surface area contributed by atoms with Crippen molar-refractivity contribution >= 4 is 5.91 Å². The lowest BCUT2D eigenvalue weighted by Gasteiger charge is -2.05. The molecule has 0 heterocycles. The smallest absolute Gasteiger partial charge is 0.220 e. The maximum Gasteiger partial charge on any atom is 0.220 e. The number of rotatable bonds is 7. The SMILES string of the molecule is CNCCCNC(=O)CCC(C)O. The first-order valence-corrected chi connectivity index (χ1v) is 4.76. The summed E-state index contributed by atoms with van der Waals surface area (Å²) in [6, 6.07) is 0. The van der Waals surface area contributed by atoms with Gasteiger partial charge in [0.15, 0.2) is 0 Å². The first-order chi connectivity index (χ1) is 6.16. The van der Waals surface area contributed by atoms with Crippen molar-refractivity contribution in [2.45, 2.75) is 32.3 Å². The molecule has 0 radical (unpaired) electrons. The summed E-state index contributed by atoms with van der Waals surface area (Å²) in [5, 5.41) is 14.7. The lowest BCUT2D eigenvalue weighted by atomic mass is 10.2. The zero-order valence-electron chi connectivity index (χ0n) is 8.47. The van der Waals surface area contributed by atoms with E-state index in [9.17, 15) is 4.79 Å². The molecule has 0 spiro atoms. The van der Waals surface area contributed by atoms with Gasteiger partial charge < -0.3 is 15.7 Å². The first-order valence-electron chi connectivity index (χ1n) is 4.76. The first kappa shape index (κ1) is 12.4. The van der Waals surface area contributed by atoms with Crippen LogP contribution >= 0.6 is 0 Å². The van der Waals surface area contributed by atoms with Crippen LogP contribution in [-0.2, 0) is 4.79 Å². The van der Waals surface area contributed by atoms with E-state index in [4.69, 9.17) is 5.11 Å². The van der Waals surface area contributed by atoms with Gasteiger partial charge in [-0.05, 0) is 33.4 Å². The van der Waals surface area contributed by atoms with Gasteiger partial charge in [-0.25, -0.2) is 0 Å². The molecule has 0 aliphatic rings. The molecule has 4 heteroatoms. The number of hydrogen-bond acceptors (Lipinski definition) is 3. The van der Waals surface area contributed by atoms with E-state index in [1.807, 2.05) is 7.05 Å². The van der Waals surface area contributed by atoms with Crippen molar-refractivity contribution in [3.05, 3.63) is 0 Å². The molecule has 0 rings (SSSR count). The van der Waals surface area contributed by atoms with Gasteiger partial charge in [0, 0.05) is 13.0 Å². The molecule has 3 N–H and O–H groups in total. The van der Waals surface area contributed by atoms with E-state index in [0.29, 0.717) is 19.4 Å². The van der Waals surface area contributed by atoms with Gasteiger partial charge in [0.25, 0.3) is 0 Å². The van der Waals surface area contributed by atoms with Crippen molar-refractivity contribution in [2.75, 3.05) is 20.1 Å². The molecule has 13 heavy (non-hydrogen) atoms. The maximum atomic E-state index is 11.1. The van der Waals surface area contributed by atoms with Gasteiger partial charge in [0.1, 0.15) is 0 Å². The van der Waals surface area contributed by atoms with Gasteiger partial charge in [-0.2, -0.15) is 0 Å². The molecule has 0 aliphatic heterocycles. The van der Waals surface area contributed by atoms with Gasteiger partial charge in [0.2, 0.25) is 5.91 Å². The zero-order valence-corrected chi connectivity index (χ0v) is 8.47. The summed E-state index contributed by atoms with van der Waals surface area (Å²) in [6.45, 7) is 3.31. The molecule has 0 fully saturated rings. The molecule has 0 bridgehead atoms. The average Bonchev–Trinajstić information content (AvgIpc) is 2.09. The normalized spacial score (nSPS) is 12.5. The van der Waals surface area contributed by atoms with Crippen LogP contribution in [0.5, 0.6) is 0 Å². The van der Waals surface area contributed by atoms with Crippen LogP contribution in [0.2, 0.25) is 0 Å². The average molecular weight is 188 g/mol. The predicted octanol–water partition coefficient (Wildman–Crippen LogP) is -0.127. The van der Waals surface area contributed by atoms with Crippen LogP contribution in [0.25, 0.3) is 0 Å². The van der Waals surface area contributed by atoms with Crippen molar-refractivity contribution in [2.24, 2.45) is 0 Å². The standard InChI is InChI=1S/C9H20N2O2/c1-8(12)4-5-9(13)11-7-3-6-10-2/h8,10,12H,3-7H2,1-2H3,(H,11,13). The molecular weight excluding hydrogens is 168 g/mol. The van der Waals surface area contributed by atoms with E-state index < -0.39 is 0 Å². The summed E-state index contributed by atoms with van der Waals surface area (Å²) in [7, 11) is 1.88. The van der Waals surface area contributed by atoms with Crippen LogP contribution in [0.15, 0.2) is 0 Å². The molecule has 1 unspecified atom stereocenters. The third kappa shape index (κ3) is 9.30. The van der Waals surface area contributed by atoms with Crippen LogP contribution < -0.4 is 10.6 Å². The molecular formula is C9H20N2O2. The molecule has 0 aliphatic carbocycles. The third-order valence-electron chi connectivity index (χ3n) is 1.71. The van der Waals surface area contributed by atoms with E-state index in [2.05, 4.69) is 10.6 Å². The summed E-state index contributed by atoms with van der Waals surface area (Å²) >= 11 is 0. The van der Waals surface area contributed by atoms with Crippen molar-refractivity contribution < 1.29 is 9.90 Å². The summed E-state index contributed by atoms with van der Waals surface area (Å²) in [5.74, 6) is 0.0250. The third-order valence-corrected chi connectivity index (χ3v) is 1.71. The van der Waals surface area contributed by atoms with Gasteiger partial charge in [0.05, 0.1) is 6.10 Å². The van der Waals surface area contributed by atoms with E-state index in [1.165, 1.54) is 0 Å². The lowest BCUT2D eigenvalue weighted by Crippen LogP contribution is -2.27. The fraction of sp³-hybridized carbons (Fsp3) is 0.889. The second-order valence-electron chi connectivity index (χ2n) is 3.19. The van der Waals surface area contributed by atoms with Crippen molar-refractivity contribution in [3.63, 3.8) is 0 Å². The number of carbonyl (C=O) groups excluding carboxylic acids is 1. The Balaban J connectivity index is 3.20. The summed E-state index contributed by atoms with van der Waals surface area (Å²) < 4.78 is 0. The Kier molecular flexibility index (Phi) is 7.63. The molecule has 78 valence electrons. The van der Waals surface area contributed by atoms with Crippen LogP contribution in [0.1, 0.15) is 26.2 Å². The monoisotopic (exact) mass is 188 g/mol. The Hall–Kier alpha value is -0.610. The minimum atomic E-state index is -0.386. The number of aliphatic hydroxyl groups is 1. The fourth-order valence-electron chi connectivity index (χ4n) is 0.921.